The van der Waals surface area contributed by atoms with E-state index in [1.807, 2.05) is 11.9 Å². The molecular formula is C16H28N4O3S2. The Kier molecular flexibility index (Phi) is 7.67. The molecule has 0 aromatic carbocycles. The minimum Gasteiger partial charge on any atom is -0.379 e. The standard InChI is InChI=1S/C16H28N4O3S2/c1-17-16(19(2)10-11-23-13-14-6-7-14)18-8-9-20(3)25(21,22)15-5-4-12-24-15/h4-5,12,14H,6-11,13H2,1-3H3,(H,17,18). The third-order valence-corrected chi connectivity index (χ3v) is 7.29. The lowest BCUT2D eigenvalue weighted by molar-refractivity contribution is 0.115. The molecule has 9 heteroatoms. The highest BCUT2D eigenvalue weighted by atomic mass is 32.2. The predicted octanol–water partition coefficient (Wildman–Crippen LogP) is 1.30. The van der Waals surface area contributed by atoms with Crippen LogP contribution in [0.5, 0.6) is 0 Å². The molecular weight excluding hydrogens is 360 g/mol. The first kappa shape index (κ1) is 20.2. The van der Waals surface area contributed by atoms with Gasteiger partial charge in [0.2, 0.25) is 0 Å². The third kappa shape index (κ3) is 6.25. The SMILES string of the molecule is CN=C(NCCN(C)S(=O)(=O)c1cccs1)N(C)CCOCC1CC1. The van der Waals surface area contributed by atoms with Crippen LogP contribution in [0.3, 0.4) is 0 Å². The van der Waals surface area contributed by atoms with E-state index >= 15 is 0 Å². The molecule has 1 saturated carbocycles. The second kappa shape index (κ2) is 9.51. The maximum Gasteiger partial charge on any atom is 0.252 e. The quantitative estimate of drug-likeness (QED) is 0.372. The largest absolute Gasteiger partial charge is 0.379 e. The van der Waals surface area contributed by atoms with Gasteiger partial charge >= 0.3 is 0 Å². The smallest absolute Gasteiger partial charge is 0.252 e. The Morgan fingerprint density at radius 1 is 1.40 bits per heavy atom. The van der Waals surface area contributed by atoms with Gasteiger partial charge in [-0.05, 0) is 30.2 Å². The summed E-state index contributed by atoms with van der Waals surface area (Å²) in [4.78, 5) is 6.22. The summed E-state index contributed by atoms with van der Waals surface area (Å²) in [5.74, 6) is 1.50. The fourth-order valence-corrected chi connectivity index (χ4v) is 4.61. The first-order valence-corrected chi connectivity index (χ1v) is 10.8. The van der Waals surface area contributed by atoms with Crippen molar-refractivity contribution in [1.82, 2.24) is 14.5 Å². The van der Waals surface area contributed by atoms with Gasteiger partial charge in [-0.15, -0.1) is 11.3 Å². The number of ether oxygens (including phenoxy) is 1. The second-order valence-corrected chi connectivity index (χ2v) is 9.39. The molecule has 0 saturated heterocycles. The van der Waals surface area contributed by atoms with Gasteiger partial charge in [0.15, 0.2) is 5.96 Å². The number of thiophene rings is 1. The lowest BCUT2D eigenvalue weighted by Gasteiger charge is -2.23. The van der Waals surface area contributed by atoms with Crippen LogP contribution in [0, 0.1) is 5.92 Å². The minimum absolute atomic E-state index is 0.365. The van der Waals surface area contributed by atoms with E-state index in [4.69, 9.17) is 4.74 Å². The highest BCUT2D eigenvalue weighted by Gasteiger charge is 2.22. The lowest BCUT2D eigenvalue weighted by atomic mass is 10.5. The lowest BCUT2D eigenvalue weighted by Crippen LogP contribution is -2.43. The van der Waals surface area contributed by atoms with E-state index in [-0.39, 0.29) is 0 Å². The zero-order valence-corrected chi connectivity index (χ0v) is 16.8. The Morgan fingerprint density at radius 2 is 2.16 bits per heavy atom. The van der Waals surface area contributed by atoms with Crippen molar-refractivity contribution in [2.24, 2.45) is 10.9 Å². The summed E-state index contributed by atoms with van der Waals surface area (Å²) in [5, 5.41) is 4.96. The van der Waals surface area contributed by atoms with Gasteiger partial charge in [-0.1, -0.05) is 6.07 Å². The van der Waals surface area contributed by atoms with Crippen molar-refractivity contribution in [2.45, 2.75) is 17.1 Å². The first-order valence-electron chi connectivity index (χ1n) is 8.44. The monoisotopic (exact) mass is 388 g/mol. The van der Waals surface area contributed by atoms with Crippen molar-refractivity contribution < 1.29 is 13.2 Å². The zero-order valence-electron chi connectivity index (χ0n) is 15.1. The summed E-state index contributed by atoms with van der Waals surface area (Å²) in [7, 11) is 1.85. The Hall–Kier alpha value is -1.16. The molecule has 2 rings (SSSR count). The number of hydrogen-bond acceptors (Lipinski definition) is 5. The highest BCUT2D eigenvalue weighted by Crippen LogP contribution is 2.28. The molecule has 0 radical (unpaired) electrons. The number of hydrogen-bond donors (Lipinski definition) is 1. The van der Waals surface area contributed by atoms with Crippen molar-refractivity contribution in [3.63, 3.8) is 0 Å². The summed E-state index contributed by atoms with van der Waals surface area (Å²) in [6.07, 6.45) is 2.59. The predicted molar refractivity (Wildman–Crippen MR) is 102 cm³/mol. The molecule has 1 N–H and O–H groups in total. The Labute approximate surface area is 154 Å². The van der Waals surface area contributed by atoms with E-state index in [9.17, 15) is 8.42 Å². The fourth-order valence-electron chi connectivity index (χ4n) is 2.24. The van der Waals surface area contributed by atoms with Gasteiger partial charge in [-0.2, -0.15) is 4.31 Å². The van der Waals surface area contributed by atoms with Gasteiger partial charge in [-0.25, -0.2) is 8.42 Å². The topological polar surface area (TPSA) is 74.2 Å². The number of sulfonamides is 1. The third-order valence-electron chi connectivity index (χ3n) is 4.06. The highest BCUT2D eigenvalue weighted by molar-refractivity contribution is 7.91. The van der Waals surface area contributed by atoms with Crippen LogP contribution in [-0.2, 0) is 14.8 Å². The van der Waals surface area contributed by atoms with E-state index in [1.165, 1.54) is 28.5 Å². The van der Waals surface area contributed by atoms with Crippen LogP contribution < -0.4 is 5.32 Å². The molecule has 1 aromatic rings. The molecule has 1 heterocycles. The molecule has 1 aliphatic carbocycles. The van der Waals surface area contributed by atoms with Crippen molar-refractivity contribution in [1.29, 1.82) is 0 Å². The van der Waals surface area contributed by atoms with Gasteiger partial charge in [0, 0.05) is 47.4 Å². The van der Waals surface area contributed by atoms with Crippen LogP contribution in [0.2, 0.25) is 0 Å². The van der Waals surface area contributed by atoms with Gasteiger partial charge < -0.3 is 15.0 Å². The van der Waals surface area contributed by atoms with Crippen molar-refractivity contribution >= 4 is 27.3 Å². The Morgan fingerprint density at radius 3 is 2.76 bits per heavy atom. The van der Waals surface area contributed by atoms with Crippen molar-refractivity contribution in [3.05, 3.63) is 17.5 Å². The van der Waals surface area contributed by atoms with E-state index in [2.05, 4.69) is 10.3 Å². The zero-order chi connectivity index (χ0) is 18.3. The Balaban J connectivity index is 1.70. The molecule has 0 amide bonds. The van der Waals surface area contributed by atoms with Crippen molar-refractivity contribution in [2.75, 3.05) is 54.0 Å². The maximum atomic E-state index is 12.4. The van der Waals surface area contributed by atoms with Crippen molar-refractivity contribution in [3.8, 4) is 0 Å². The molecule has 0 aliphatic heterocycles. The number of nitrogens with zero attached hydrogens (tertiary/aromatic N) is 3. The minimum atomic E-state index is -3.40. The number of rotatable bonds is 10. The number of guanidine groups is 1. The van der Waals surface area contributed by atoms with E-state index < -0.39 is 10.0 Å². The molecule has 25 heavy (non-hydrogen) atoms. The molecule has 0 bridgehead atoms. The number of aliphatic imine (C=N–C) groups is 1. The number of nitrogens with one attached hydrogen (secondary N) is 1. The first-order chi connectivity index (χ1) is 11.9. The average Bonchev–Trinajstić information content (AvgIpc) is 3.24. The number of likely N-dealkylation sites (N-methyl/N-ethyl adjacent to an activating group) is 2. The van der Waals surface area contributed by atoms with Crippen LogP contribution in [0.4, 0.5) is 0 Å². The maximum absolute atomic E-state index is 12.4. The van der Waals surface area contributed by atoms with E-state index in [0.717, 1.165) is 25.0 Å². The van der Waals surface area contributed by atoms with Crippen LogP contribution in [0.1, 0.15) is 12.8 Å². The summed E-state index contributed by atoms with van der Waals surface area (Å²) >= 11 is 1.23. The molecule has 1 fully saturated rings. The molecule has 1 aromatic heterocycles. The molecule has 1 aliphatic rings. The van der Waals surface area contributed by atoms with Crippen LogP contribution in [0.15, 0.2) is 26.7 Å². The normalized spacial score (nSPS) is 15.6. The van der Waals surface area contributed by atoms with E-state index in [1.54, 1.807) is 31.6 Å². The molecule has 0 unspecified atom stereocenters. The van der Waals surface area contributed by atoms with Gasteiger partial charge in [0.1, 0.15) is 4.21 Å². The van der Waals surface area contributed by atoms with Gasteiger partial charge in [0.25, 0.3) is 10.0 Å². The summed E-state index contributed by atoms with van der Waals surface area (Å²) < 4.78 is 32.1. The molecule has 7 nitrogen and oxygen atoms in total. The summed E-state index contributed by atoms with van der Waals surface area (Å²) in [6, 6.07) is 3.37. The van der Waals surface area contributed by atoms with E-state index in [0.29, 0.717) is 23.9 Å². The molecule has 0 spiro atoms. The molecule has 142 valence electrons. The average molecular weight is 389 g/mol. The Bertz CT molecular complexity index is 642. The van der Waals surface area contributed by atoms with Crippen LogP contribution in [0.25, 0.3) is 0 Å². The summed E-state index contributed by atoms with van der Waals surface area (Å²) in [6.45, 7) is 3.12. The van der Waals surface area contributed by atoms with Crippen LogP contribution >= 0.6 is 11.3 Å². The fraction of sp³-hybridized carbons (Fsp3) is 0.688. The van der Waals surface area contributed by atoms with Gasteiger partial charge in [0.05, 0.1) is 6.61 Å². The molecule has 0 atom stereocenters. The van der Waals surface area contributed by atoms with Crippen LogP contribution in [-0.4, -0.2) is 77.6 Å². The summed E-state index contributed by atoms with van der Waals surface area (Å²) in [5.41, 5.74) is 0. The second-order valence-electron chi connectivity index (χ2n) is 6.17. The van der Waals surface area contributed by atoms with Gasteiger partial charge in [-0.3, -0.25) is 4.99 Å².